The van der Waals surface area contributed by atoms with Gasteiger partial charge in [0.05, 0.1) is 0 Å². The molecule has 1 aliphatic heterocycles. The van der Waals surface area contributed by atoms with E-state index in [-0.39, 0.29) is 15.6 Å². The molecule has 8 heteroatoms. The summed E-state index contributed by atoms with van der Waals surface area (Å²) in [5, 5.41) is 2.83. The van der Waals surface area contributed by atoms with E-state index in [0.29, 0.717) is 13.1 Å². The SMILES string of the molecule is FC(F)(F)c1cnc(Cl)nc1SC1CNC1. The Morgan fingerprint density at radius 3 is 2.62 bits per heavy atom. The Kier molecular flexibility index (Phi) is 3.27. The van der Waals surface area contributed by atoms with Crippen LogP contribution in [0, 0.1) is 0 Å². The topological polar surface area (TPSA) is 37.8 Å². The van der Waals surface area contributed by atoms with Crippen LogP contribution in [-0.4, -0.2) is 28.3 Å². The van der Waals surface area contributed by atoms with Crippen molar-refractivity contribution in [1.82, 2.24) is 15.3 Å². The molecule has 88 valence electrons. The quantitative estimate of drug-likeness (QED) is 0.660. The number of nitrogens with one attached hydrogen (secondary N) is 1. The lowest BCUT2D eigenvalue weighted by Gasteiger charge is -2.26. The highest BCUT2D eigenvalue weighted by Gasteiger charge is 2.36. The molecule has 0 unspecified atom stereocenters. The summed E-state index contributed by atoms with van der Waals surface area (Å²) < 4.78 is 37.8. The van der Waals surface area contributed by atoms with Crippen LogP contribution >= 0.6 is 23.4 Å². The van der Waals surface area contributed by atoms with Gasteiger partial charge in [-0.3, -0.25) is 0 Å². The summed E-state index contributed by atoms with van der Waals surface area (Å²) in [4.78, 5) is 6.99. The minimum absolute atomic E-state index is 0.0981. The predicted octanol–water partition coefficient (Wildman–Crippen LogP) is 2.21. The van der Waals surface area contributed by atoms with Gasteiger partial charge < -0.3 is 5.32 Å². The zero-order chi connectivity index (χ0) is 11.8. The molecule has 1 fully saturated rings. The van der Waals surface area contributed by atoms with Gasteiger partial charge in [-0.15, -0.1) is 0 Å². The molecule has 1 aromatic rings. The van der Waals surface area contributed by atoms with Crippen LogP contribution in [0.4, 0.5) is 13.2 Å². The molecule has 3 nitrogen and oxygen atoms in total. The molecule has 0 aromatic carbocycles. The lowest BCUT2D eigenvalue weighted by molar-refractivity contribution is -0.140. The van der Waals surface area contributed by atoms with Gasteiger partial charge >= 0.3 is 6.18 Å². The van der Waals surface area contributed by atoms with Crippen LogP contribution in [0.25, 0.3) is 0 Å². The van der Waals surface area contributed by atoms with Crippen LogP contribution in [0.2, 0.25) is 5.28 Å². The Morgan fingerprint density at radius 1 is 1.44 bits per heavy atom. The van der Waals surface area contributed by atoms with E-state index in [4.69, 9.17) is 11.6 Å². The Labute approximate surface area is 98.8 Å². The molecule has 0 spiro atoms. The first-order chi connectivity index (χ1) is 7.47. The largest absolute Gasteiger partial charge is 0.420 e. The second-order valence-corrected chi connectivity index (χ2v) is 4.88. The molecular weight excluding hydrogens is 263 g/mol. The number of alkyl halides is 3. The third kappa shape index (κ3) is 2.58. The summed E-state index contributed by atoms with van der Waals surface area (Å²) >= 11 is 6.57. The molecule has 1 aromatic heterocycles. The van der Waals surface area contributed by atoms with Gasteiger partial charge in [0, 0.05) is 24.5 Å². The smallest absolute Gasteiger partial charge is 0.314 e. The Hall–Kier alpha value is -0.530. The zero-order valence-electron chi connectivity index (χ0n) is 7.88. The number of aromatic nitrogens is 2. The van der Waals surface area contributed by atoms with Crippen LogP contribution < -0.4 is 5.32 Å². The molecule has 16 heavy (non-hydrogen) atoms. The van der Waals surface area contributed by atoms with Gasteiger partial charge in [-0.05, 0) is 11.6 Å². The van der Waals surface area contributed by atoms with Crippen LogP contribution in [0.5, 0.6) is 0 Å². The van der Waals surface area contributed by atoms with Crippen molar-refractivity contribution < 1.29 is 13.2 Å². The van der Waals surface area contributed by atoms with Crippen LogP contribution in [0.3, 0.4) is 0 Å². The van der Waals surface area contributed by atoms with Crippen molar-refractivity contribution >= 4 is 23.4 Å². The van der Waals surface area contributed by atoms with Crippen molar-refractivity contribution in [2.75, 3.05) is 13.1 Å². The molecule has 0 saturated carbocycles. The highest BCUT2D eigenvalue weighted by atomic mass is 35.5. The molecule has 1 aliphatic rings. The lowest BCUT2D eigenvalue weighted by Crippen LogP contribution is -2.44. The van der Waals surface area contributed by atoms with Crippen molar-refractivity contribution in [3.63, 3.8) is 0 Å². The third-order valence-electron chi connectivity index (χ3n) is 2.05. The first kappa shape index (κ1) is 11.9. The summed E-state index contributed by atoms with van der Waals surface area (Å²) in [5.74, 6) is 0. The van der Waals surface area contributed by atoms with Crippen LogP contribution in [0.15, 0.2) is 11.2 Å². The number of rotatable bonds is 2. The molecule has 0 aliphatic carbocycles. The number of halogens is 4. The van der Waals surface area contributed by atoms with E-state index in [0.717, 1.165) is 18.0 Å². The van der Waals surface area contributed by atoms with Crippen molar-refractivity contribution in [1.29, 1.82) is 0 Å². The molecule has 1 saturated heterocycles. The fraction of sp³-hybridized carbons (Fsp3) is 0.500. The van der Waals surface area contributed by atoms with E-state index in [9.17, 15) is 13.2 Å². The molecule has 1 N–H and O–H groups in total. The average molecular weight is 270 g/mol. The highest BCUT2D eigenvalue weighted by Crippen LogP contribution is 2.37. The summed E-state index contributed by atoms with van der Waals surface area (Å²) in [5.41, 5.74) is -0.825. The predicted molar refractivity (Wildman–Crippen MR) is 54.6 cm³/mol. The Balaban J connectivity index is 2.28. The Morgan fingerprint density at radius 2 is 2.12 bits per heavy atom. The van der Waals surface area contributed by atoms with E-state index < -0.39 is 11.7 Å². The second kappa shape index (κ2) is 4.38. The molecule has 2 rings (SSSR count). The van der Waals surface area contributed by atoms with E-state index >= 15 is 0 Å². The van der Waals surface area contributed by atoms with Gasteiger partial charge in [0.15, 0.2) is 0 Å². The maximum Gasteiger partial charge on any atom is 0.420 e. The van der Waals surface area contributed by atoms with Gasteiger partial charge in [0.1, 0.15) is 10.6 Å². The molecule has 0 bridgehead atoms. The maximum atomic E-state index is 12.6. The van der Waals surface area contributed by atoms with Gasteiger partial charge in [0.2, 0.25) is 5.28 Å². The maximum absolute atomic E-state index is 12.6. The molecule has 0 amide bonds. The summed E-state index contributed by atoms with van der Waals surface area (Å²) in [6, 6.07) is 0. The fourth-order valence-electron chi connectivity index (χ4n) is 1.13. The number of hydrogen-bond acceptors (Lipinski definition) is 4. The summed E-state index contributed by atoms with van der Waals surface area (Å²) in [6.45, 7) is 1.37. The van der Waals surface area contributed by atoms with Crippen LogP contribution in [-0.2, 0) is 6.18 Å². The summed E-state index contributed by atoms with van der Waals surface area (Å²) in [7, 11) is 0. The Bertz CT molecular complexity index is 395. The first-order valence-electron chi connectivity index (χ1n) is 4.44. The average Bonchev–Trinajstić information content (AvgIpc) is 2.09. The highest BCUT2D eigenvalue weighted by molar-refractivity contribution is 8.00. The van der Waals surface area contributed by atoms with Crippen molar-refractivity contribution in [2.24, 2.45) is 0 Å². The van der Waals surface area contributed by atoms with Crippen molar-refractivity contribution in [2.45, 2.75) is 16.5 Å². The lowest BCUT2D eigenvalue weighted by atomic mass is 10.3. The molecule has 2 heterocycles. The van der Waals surface area contributed by atoms with E-state index in [1.807, 2.05) is 0 Å². The molecular formula is C8H7ClF3N3S. The standard InChI is InChI=1S/C8H7ClF3N3S/c9-7-14-3-5(8(10,11)12)6(15-7)16-4-1-13-2-4/h3-4,13H,1-2H2. The number of thioether (sulfide) groups is 1. The molecule has 0 radical (unpaired) electrons. The molecule has 0 atom stereocenters. The van der Waals surface area contributed by atoms with Crippen LogP contribution in [0.1, 0.15) is 5.56 Å². The summed E-state index contributed by atoms with van der Waals surface area (Å²) in [6.07, 6.45) is -3.71. The number of hydrogen-bond donors (Lipinski definition) is 1. The van der Waals surface area contributed by atoms with E-state index in [1.54, 1.807) is 0 Å². The normalized spacial score (nSPS) is 17.2. The van der Waals surface area contributed by atoms with E-state index in [1.165, 1.54) is 0 Å². The van der Waals surface area contributed by atoms with Crippen molar-refractivity contribution in [3.05, 3.63) is 17.0 Å². The second-order valence-electron chi connectivity index (χ2n) is 3.25. The zero-order valence-corrected chi connectivity index (χ0v) is 9.46. The first-order valence-corrected chi connectivity index (χ1v) is 5.69. The van der Waals surface area contributed by atoms with Gasteiger partial charge in [-0.25, -0.2) is 9.97 Å². The van der Waals surface area contributed by atoms with Gasteiger partial charge in [-0.2, -0.15) is 13.2 Å². The minimum Gasteiger partial charge on any atom is -0.314 e. The third-order valence-corrected chi connectivity index (χ3v) is 3.44. The van der Waals surface area contributed by atoms with E-state index in [2.05, 4.69) is 15.3 Å². The fourth-order valence-corrected chi connectivity index (χ4v) is 2.47. The monoisotopic (exact) mass is 269 g/mol. The minimum atomic E-state index is -4.44. The van der Waals surface area contributed by atoms with Gasteiger partial charge in [0.25, 0.3) is 0 Å². The van der Waals surface area contributed by atoms with Crippen molar-refractivity contribution in [3.8, 4) is 0 Å². The van der Waals surface area contributed by atoms with Gasteiger partial charge in [-0.1, -0.05) is 11.8 Å². The number of nitrogens with zero attached hydrogens (tertiary/aromatic N) is 2.